The van der Waals surface area contributed by atoms with Gasteiger partial charge in [-0.25, -0.2) is 0 Å². The lowest BCUT2D eigenvalue weighted by Gasteiger charge is -2.14. The van der Waals surface area contributed by atoms with Crippen molar-refractivity contribution in [1.29, 1.82) is 0 Å². The minimum atomic E-state index is -0.0511. The first kappa shape index (κ1) is 23.4. The van der Waals surface area contributed by atoms with Crippen LogP contribution in [-0.4, -0.2) is 34.2 Å². The summed E-state index contributed by atoms with van der Waals surface area (Å²) in [7, 11) is 0. The Balaban J connectivity index is 1.25. The van der Waals surface area contributed by atoms with Gasteiger partial charge >= 0.3 is 0 Å². The molecule has 0 spiro atoms. The van der Waals surface area contributed by atoms with E-state index in [0.717, 1.165) is 58.9 Å². The van der Waals surface area contributed by atoms with Crippen molar-refractivity contribution in [2.75, 3.05) is 12.4 Å². The first-order valence-electron chi connectivity index (χ1n) is 12.0. The summed E-state index contributed by atoms with van der Waals surface area (Å²) in [6.07, 6.45) is 6.27. The number of ether oxygens (including phenoxy) is 1. The van der Waals surface area contributed by atoms with E-state index in [9.17, 15) is 4.79 Å². The second-order valence-electron chi connectivity index (χ2n) is 8.68. The number of carbonyl (C=O) groups is 1. The third-order valence-corrected chi connectivity index (χ3v) is 7.41. The Morgan fingerprint density at radius 1 is 1.03 bits per heavy atom. The molecule has 0 radical (unpaired) electrons. The highest BCUT2D eigenvalue weighted by atomic mass is 32.2. The first-order chi connectivity index (χ1) is 17.3. The second-order valence-corrected chi connectivity index (χ2v) is 9.74. The number of amides is 1. The molecule has 2 heterocycles. The predicted molar refractivity (Wildman–Crippen MR) is 141 cm³/mol. The van der Waals surface area contributed by atoms with Gasteiger partial charge < -0.3 is 10.1 Å². The van der Waals surface area contributed by atoms with Gasteiger partial charge in [-0.05, 0) is 53.3 Å². The zero-order valence-corrected chi connectivity index (χ0v) is 20.4. The van der Waals surface area contributed by atoms with Crippen molar-refractivity contribution in [3.05, 3.63) is 108 Å². The number of rotatable bonds is 9. The van der Waals surface area contributed by atoms with Crippen LogP contribution in [0.25, 0.3) is 11.1 Å². The number of nitrogens with zero attached hydrogens (tertiary/aromatic N) is 2. The Morgan fingerprint density at radius 2 is 1.86 bits per heavy atom. The molecule has 178 valence electrons. The van der Waals surface area contributed by atoms with E-state index < -0.39 is 0 Å². The van der Waals surface area contributed by atoms with Gasteiger partial charge in [-0.1, -0.05) is 60.7 Å². The van der Waals surface area contributed by atoms with Crippen LogP contribution in [-0.2, 0) is 17.8 Å². The summed E-state index contributed by atoms with van der Waals surface area (Å²) in [5.41, 5.74) is 5.26. The average molecular weight is 484 g/mol. The Bertz CT molecular complexity index is 1250. The fourth-order valence-electron chi connectivity index (χ4n) is 4.34. The van der Waals surface area contributed by atoms with Crippen LogP contribution < -0.4 is 5.32 Å². The first-order valence-corrected chi connectivity index (χ1v) is 13.0. The van der Waals surface area contributed by atoms with Crippen molar-refractivity contribution in [2.24, 2.45) is 0 Å². The molecule has 0 saturated carbocycles. The van der Waals surface area contributed by atoms with Gasteiger partial charge in [0.25, 0.3) is 5.91 Å². The van der Waals surface area contributed by atoms with Crippen LogP contribution >= 0.6 is 11.8 Å². The van der Waals surface area contributed by atoms with Gasteiger partial charge in [0, 0.05) is 36.2 Å². The van der Waals surface area contributed by atoms with Crippen LogP contribution in [0.15, 0.2) is 96.2 Å². The molecule has 4 aromatic rings. The predicted octanol–water partition coefficient (Wildman–Crippen LogP) is 5.80. The topological polar surface area (TPSA) is 56.2 Å². The lowest BCUT2D eigenvalue weighted by atomic mass is 9.98. The smallest absolute Gasteiger partial charge is 0.252 e. The number of hydrogen-bond acceptors (Lipinski definition) is 4. The number of nitrogens with one attached hydrogen (secondary N) is 1. The maximum Gasteiger partial charge on any atom is 0.252 e. The molecule has 3 aromatic carbocycles. The van der Waals surface area contributed by atoms with Crippen LogP contribution in [0.3, 0.4) is 0 Å². The molecule has 1 fully saturated rings. The third kappa shape index (κ3) is 6.02. The fourth-order valence-corrected chi connectivity index (χ4v) is 5.46. The van der Waals surface area contributed by atoms with E-state index in [1.54, 1.807) is 18.0 Å². The van der Waals surface area contributed by atoms with Crippen molar-refractivity contribution in [1.82, 2.24) is 15.1 Å². The summed E-state index contributed by atoms with van der Waals surface area (Å²) >= 11 is 1.70. The number of thioether (sulfide) groups is 1. The molecule has 1 atom stereocenters. The maximum atomic E-state index is 13.1. The molecule has 1 amide bonds. The molecule has 6 heteroatoms. The average Bonchev–Trinajstić information content (AvgIpc) is 3.62. The third-order valence-electron chi connectivity index (χ3n) is 6.21. The number of carbonyl (C=O) groups excluding carboxylic acids is 1. The Labute approximate surface area is 210 Å². The van der Waals surface area contributed by atoms with Crippen LogP contribution in [0, 0.1) is 0 Å². The Kier molecular flexibility index (Phi) is 7.61. The summed E-state index contributed by atoms with van der Waals surface area (Å²) in [6.45, 7) is 2.06. The molecular weight excluding hydrogens is 454 g/mol. The quantitative estimate of drug-likeness (QED) is 0.306. The highest BCUT2D eigenvalue weighted by Crippen LogP contribution is 2.28. The molecule has 5 rings (SSSR count). The summed E-state index contributed by atoms with van der Waals surface area (Å²) in [6, 6.07) is 26.5. The zero-order valence-electron chi connectivity index (χ0n) is 19.6. The van der Waals surface area contributed by atoms with Crippen molar-refractivity contribution >= 4 is 17.7 Å². The van der Waals surface area contributed by atoms with Crippen molar-refractivity contribution in [2.45, 2.75) is 36.9 Å². The Morgan fingerprint density at radius 3 is 2.66 bits per heavy atom. The van der Waals surface area contributed by atoms with E-state index in [0.29, 0.717) is 6.54 Å². The molecule has 5 nitrogen and oxygen atoms in total. The van der Waals surface area contributed by atoms with Gasteiger partial charge in [-0.3, -0.25) is 9.48 Å². The summed E-state index contributed by atoms with van der Waals surface area (Å²) in [4.78, 5) is 14.1. The molecular formula is C29H29N3O2S. The van der Waals surface area contributed by atoms with E-state index in [1.165, 1.54) is 5.56 Å². The van der Waals surface area contributed by atoms with E-state index in [1.807, 2.05) is 53.3 Å². The number of benzene rings is 3. The molecule has 1 aromatic heterocycles. The van der Waals surface area contributed by atoms with E-state index in [2.05, 4.69) is 46.8 Å². The Hall–Kier alpha value is -3.35. The molecule has 0 aliphatic carbocycles. The van der Waals surface area contributed by atoms with E-state index in [-0.39, 0.29) is 12.0 Å². The lowest BCUT2D eigenvalue weighted by Crippen LogP contribution is -2.23. The zero-order chi connectivity index (χ0) is 23.9. The molecule has 1 aliphatic heterocycles. The maximum absolute atomic E-state index is 13.1. The van der Waals surface area contributed by atoms with E-state index in [4.69, 9.17) is 4.74 Å². The van der Waals surface area contributed by atoms with Crippen LogP contribution in [0.4, 0.5) is 0 Å². The number of aromatic nitrogens is 2. The van der Waals surface area contributed by atoms with Gasteiger partial charge in [0.2, 0.25) is 0 Å². The largest absolute Gasteiger partial charge is 0.377 e. The van der Waals surface area contributed by atoms with Crippen molar-refractivity contribution in [3.8, 4) is 11.1 Å². The normalized spacial score (nSPS) is 15.3. The van der Waals surface area contributed by atoms with Crippen LogP contribution in [0.5, 0.6) is 0 Å². The van der Waals surface area contributed by atoms with Gasteiger partial charge in [0.05, 0.1) is 18.2 Å². The second kappa shape index (κ2) is 11.4. The minimum absolute atomic E-state index is 0.0511. The van der Waals surface area contributed by atoms with Crippen LogP contribution in [0.1, 0.15) is 34.3 Å². The minimum Gasteiger partial charge on any atom is -0.377 e. The summed E-state index contributed by atoms with van der Waals surface area (Å²) < 4.78 is 7.66. The van der Waals surface area contributed by atoms with Gasteiger partial charge in [0.15, 0.2) is 0 Å². The molecule has 35 heavy (non-hydrogen) atoms. The lowest BCUT2D eigenvalue weighted by molar-refractivity contribution is 0.0948. The highest BCUT2D eigenvalue weighted by molar-refractivity contribution is 7.99. The molecule has 1 aliphatic rings. The van der Waals surface area contributed by atoms with Crippen molar-refractivity contribution in [3.63, 3.8) is 0 Å². The number of hydrogen-bond donors (Lipinski definition) is 1. The SMILES string of the molecule is O=C(NCc1ccccc1-c1ccc(Cn2cccn2)cc1)c1ccccc1SCC1CCCO1. The van der Waals surface area contributed by atoms with Gasteiger partial charge in [0.1, 0.15) is 0 Å². The standard InChI is InChI=1S/C29H29N3O2S/c33-29(27-10-3-4-11-28(27)35-21-25-8-5-18-34-25)30-19-24-7-1-2-9-26(24)23-14-12-22(13-15-23)20-32-17-6-16-31-32/h1-4,6-7,9-17,25H,5,8,18-21H2,(H,30,33). The summed E-state index contributed by atoms with van der Waals surface area (Å²) in [5, 5.41) is 7.42. The van der Waals surface area contributed by atoms with Gasteiger partial charge in [-0.2, -0.15) is 5.10 Å². The van der Waals surface area contributed by atoms with Crippen LogP contribution in [0.2, 0.25) is 0 Å². The molecule has 0 bridgehead atoms. The van der Waals surface area contributed by atoms with E-state index >= 15 is 0 Å². The molecule has 1 saturated heterocycles. The monoisotopic (exact) mass is 483 g/mol. The molecule has 1 N–H and O–H groups in total. The van der Waals surface area contributed by atoms with Crippen molar-refractivity contribution < 1.29 is 9.53 Å². The summed E-state index contributed by atoms with van der Waals surface area (Å²) in [5.74, 6) is 0.827. The molecule has 1 unspecified atom stereocenters. The van der Waals surface area contributed by atoms with Gasteiger partial charge in [-0.15, -0.1) is 11.8 Å². The fraction of sp³-hybridized carbons (Fsp3) is 0.241. The highest BCUT2D eigenvalue weighted by Gasteiger charge is 2.18.